The van der Waals surface area contributed by atoms with Crippen LogP contribution in [0.25, 0.3) is 0 Å². The number of hydrogen-bond donors (Lipinski definition) is 1. The fraction of sp³-hybridized carbons (Fsp3) is 0.0526. The molecule has 0 radical (unpaired) electrons. The predicted molar refractivity (Wildman–Crippen MR) is 114 cm³/mol. The molecule has 0 spiro atoms. The molecule has 2 aromatic carbocycles. The summed E-state index contributed by atoms with van der Waals surface area (Å²) in [6.07, 6.45) is 2.62. The molecule has 7 nitrogen and oxygen atoms in total. The molecule has 148 valence electrons. The highest BCUT2D eigenvalue weighted by molar-refractivity contribution is 6.37. The van der Waals surface area contributed by atoms with Crippen LogP contribution in [-0.4, -0.2) is 16.1 Å². The molecule has 0 aliphatic heterocycles. The van der Waals surface area contributed by atoms with E-state index in [-0.39, 0.29) is 12.3 Å². The highest BCUT2D eigenvalue weighted by Crippen LogP contribution is 2.34. The summed E-state index contributed by atoms with van der Waals surface area (Å²) in [6, 6.07) is 13.4. The summed E-state index contributed by atoms with van der Waals surface area (Å²) in [7, 11) is 0. The second kappa shape index (κ2) is 9.56. The van der Waals surface area contributed by atoms with Crippen molar-refractivity contribution in [3.63, 3.8) is 0 Å². The Bertz CT molecular complexity index is 1040. The lowest BCUT2D eigenvalue weighted by atomic mass is 10.2. The number of aromatic nitrogens is 1. The van der Waals surface area contributed by atoms with Crippen LogP contribution < -0.4 is 10.2 Å². The van der Waals surface area contributed by atoms with Crippen molar-refractivity contribution >= 4 is 52.5 Å². The fourth-order valence-corrected chi connectivity index (χ4v) is 3.09. The Labute approximate surface area is 181 Å². The van der Waals surface area contributed by atoms with Gasteiger partial charge in [0, 0.05) is 16.7 Å². The predicted octanol–water partition coefficient (Wildman–Crippen LogP) is 5.98. The van der Waals surface area contributed by atoms with Crippen LogP contribution in [0.2, 0.25) is 15.1 Å². The van der Waals surface area contributed by atoms with Gasteiger partial charge in [-0.25, -0.2) is 4.98 Å². The molecule has 0 saturated carbocycles. The molecule has 0 aliphatic rings. The number of pyridine rings is 1. The molecule has 0 saturated heterocycles. The molecule has 3 rings (SSSR count). The van der Waals surface area contributed by atoms with Gasteiger partial charge < -0.3 is 4.74 Å². The van der Waals surface area contributed by atoms with E-state index in [4.69, 9.17) is 39.5 Å². The van der Waals surface area contributed by atoms with E-state index >= 15 is 0 Å². The van der Waals surface area contributed by atoms with Gasteiger partial charge in [-0.15, -0.1) is 0 Å². The minimum absolute atomic E-state index is 0.106. The average molecular weight is 452 g/mol. The van der Waals surface area contributed by atoms with E-state index in [0.717, 1.165) is 11.8 Å². The first-order chi connectivity index (χ1) is 13.9. The van der Waals surface area contributed by atoms with Crippen LogP contribution in [0.3, 0.4) is 0 Å². The molecule has 3 aromatic rings. The zero-order chi connectivity index (χ0) is 20.8. The standard InChI is InChI=1S/C19H13Cl3N4O3/c20-15-4-2-1-3-13(15)11-29-19-16(21)7-12(8-17(19)22)9-24-25-18-6-5-14(10-23-18)26(27)28/h1-10H,11H2,(H,23,25)/b24-9+. The van der Waals surface area contributed by atoms with Crippen LogP contribution in [0.15, 0.2) is 59.8 Å². The van der Waals surface area contributed by atoms with Gasteiger partial charge in [-0.05, 0) is 29.8 Å². The summed E-state index contributed by atoms with van der Waals surface area (Å²) in [5, 5.41) is 15.9. The third-order valence-electron chi connectivity index (χ3n) is 3.70. The quantitative estimate of drug-likeness (QED) is 0.271. The summed E-state index contributed by atoms with van der Waals surface area (Å²) in [5.74, 6) is 0.694. The van der Waals surface area contributed by atoms with E-state index in [9.17, 15) is 10.1 Å². The van der Waals surface area contributed by atoms with Crippen molar-refractivity contribution in [2.75, 3.05) is 5.43 Å². The minimum Gasteiger partial charge on any atom is -0.486 e. The van der Waals surface area contributed by atoms with Crippen molar-refractivity contribution in [1.82, 2.24) is 4.98 Å². The molecule has 0 unspecified atom stereocenters. The first-order valence-electron chi connectivity index (χ1n) is 8.19. The number of hydrazone groups is 1. The second-order valence-corrected chi connectivity index (χ2v) is 6.94. The average Bonchev–Trinajstić information content (AvgIpc) is 2.69. The summed E-state index contributed by atoms with van der Waals surface area (Å²) in [5.41, 5.74) is 4.00. The summed E-state index contributed by atoms with van der Waals surface area (Å²) < 4.78 is 5.72. The maximum Gasteiger partial charge on any atom is 0.287 e. The topological polar surface area (TPSA) is 89.7 Å². The third-order valence-corrected chi connectivity index (χ3v) is 4.63. The number of nitrogens with one attached hydrogen (secondary N) is 1. The lowest BCUT2D eigenvalue weighted by Crippen LogP contribution is -1.99. The van der Waals surface area contributed by atoms with Crippen LogP contribution in [0.1, 0.15) is 11.1 Å². The number of rotatable bonds is 7. The van der Waals surface area contributed by atoms with Crippen molar-refractivity contribution in [2.24, 2.45) is 5.10 Å². The second-order valence-electron chi connectivity index (χ2n) is 5.72. The highest BCUT2D eigenvalue weighted by atomic mass is 35.5. The van der Waals surface area contributed by atoms with Crippen LogP contribution in [0.4, 0.5) is 11.5 Å². The molecular weight excluding hydrogens is 439 g/mol. The zero-order valence-corrected chi connectivity index (χ0v) is 16.9. The SMILES string of the molecule is O=[N+]([O-])c1ccc(N/N=C/c2cc(Cl)c(OCc3ccccc3Cl)c(Cl)c2)nc1. The van der Waals surface area contributed by atoms with Gasteiger partial charge in [-0.1, -0.05) is 53.0 Å². The Balaban J connectivity index is 1.66. The smallest absolute Gasteiger partial charge is 0.287 e. The van der Waals surface area contributed by atoms with Crippen LogP contribution >= 0.6 is 34.8 Å². The van der Waals surface area contributed by atoms with Gasteiger partial charge in [-0.2, -0.15) is 5.10 Å². The van der Waals surface area contributed by atoms with Crippen molar-refractivity contribution in [3.05, 3.63) is 91.0 Å². The molecule has 1 heterocycles. The number of nitrogens with zero attached hydrogens (tertiary/aromatic N) is 3. The molecule has 10 heteroatoms. The van der Waals surface area contributed by atoms with Crippen molar-refractivity contribution in [3.8, 4) is 5.75 Å². The molecular formula is C19H13Cl3N4O3. The van der Waals surface area contributed by atoms with E-state index in [1.165, 1.54) is 18.3 Å². The summed E-state index contributed by atoms with van der Waals surface area (Å²) in [6.45, 7) is 0.222. The van der Waals surface area contributed by atoms with E-state index in [2.05, 4.69) is 15.5 Å². The Morgan fingerprint density at radius 3 is 2.45 bits per heavy atom. The monoisotopic (exact) mass is 450 g/mol. The largest absolute Gasteiger partial charge is 0.486 e. The fourth-order valence-electron chi connectivity index (χ4n) is 2.29. The highest BCUT2D eigenvalue weighted by Gasteiger charge is 2.11. The first-order valence-corrected chi connectivity index (χ1v) is 9.32. The Kier molecular flexibility index (Phi) is 6.87. The number of hydrogen-bond acceptors (Lipinski definition) is 6. The number of anilines is 1. The maximum atomic E-state index is 10.6. The van der Waals surface area contributed by atoms with Crippen LogP contribution in [0.5, 0.6) is 5.75 Å². The lowest BCUT2D eigenvalue weighted by Gasteiger charge is -2.11. The molecule has 29 heavy (non-hydrogen) atoms. The van der Waals surface area contributed by atoms with Crippen LogP contribution in [0, 0.1) is 10.1 Å². The molecule has 0 bridgehead atoms. The molecule has 0 amide bonds. The summed E-state index contributed by atoms with van der Waals surface area (Å²) >= 11 is 18.7. The van der Waals surface area contributed by atoms with Crippen molar-refractivity contribution in [1.29, 1.82) is 0 Å². The van der Waals surface area contributed by atoms with Crippen molar-refractivity contribution in [2.45, 2.75) is 6.61 Å². The molecule has 1 N–H and O–H groups in total. The normalized spacial score (nSPS) is 10.9. The maximum absolute atomic E-state index is 10.6. The van der Waals surface area contributed by atoms with E-state index in [0.29, 0.717) is 32.2 Å². The van der Waals surface area contributed by atoms with Crippen molar-refractivity contribution < 1.29 is 9.66 Å². The van der Waals surface area contributed by atoms with E-state index < -0.39 is 4.92 Å². The number of nitro groups is 1. The molecule has 0 aliphatic carbocycles. The van der Waals surface area contributed by atoms with Crippen LogP contribution in [-0.2, 0) is 6.61 Å². The number of benzene rings is 2. The van der Waals surface area contributed by atoms with Gasteiger partial charge in [0.05, 0.1) is 21.2 Å². The van der Waals surface area contributed by atoms with Gasteiger partial charge in [0.1, 0.15) is 18.6 Å². The van der Waals surface area contributed by atoms with Gasteiger partial charge in [0.2, 0.25) is 0 Å². The third kappa shape index (κ3) is 5.57. The number of ether oxygens (including phenoxy) is 1. The Morgan fingerprint density at radius 1 is 1.10 bits per heavy atom. The van der Waals surface area contributed by atoms with E-state index in [1.54, 1.807) is 18.2 Å². The molecule has 0 atom stereocenters. The van der Waals surface area contributed by atoms with Gasteiger partial charge >= 0.3 is 0 Å². The Hall–Kier alpha value is -2.87. The summed E-state index contributed by atoms with van der Waals surface area (Å²) in [4.78, 5) is 14.0. The van der Waals surface area contributed by atoms with Gasteiger partial charge in [0.15, 0.2) is 5.75 Å². The molecule has 1 aromatic heterocycles. The van der Waals surface area contributed by atoms with Gasteiger partial charge in [-0.3, -0.25) is 15.5 Å². The zero-order valence-electron chi connectivity index (χ0n) is 14.7. The van der Waals surface area contributed by atoms with E-state index in [1.807, 2.05) is 18.2 Å². The number of halogens is 3. The minimum atomic E-state index is -0.528. The van der Waals surface area contributed by atoms with Gasteiger partial charge in [0.25, 0.3) is 5.69 Å². The Morgan fingerprint density at radius 2 is 1.83 bits per heavy atom. The molecule has 0 fully saturated rings. The lowest BCUT2D eigenvalue weighted by molar-refractivity contribution is -0.385. The first kappa shape index (κ1) is 20.9.